The van der Waals surface area contributed by atoms with Crippen LogP contribution in [0.3, 0.4) is 0 Å². The molecule has 0 amide bonds. The van der Waals surface area contributed by atoms with E-state index in [4.69, 9.17) is 0 Å². The van der Waals surface area contributed by atoms with E-state index in [9.17, 15) is 12.8 Å². The molecule has 0 radical (unpaired) electrons. The first-order valence-electron chi connectivity index (χ1n) is 8.13. The first kappa shape index (κ1) is 16.5. The van der Waals surface area contributed by atoms with Gasteiger partial charge in [-0.3, -0.25) is 4.72 Å². The lowest BCUT2D eigenvalue weighted by Gasteiger charge is -2.19. The molecule has 4 rings (SSSR count). The second-order valence-electron chi connectivity index (χ2n) is 5.99. The molecule has 1 N–H and O–H groups in total. The first-order chi connectivity index (χ1) is 12.5. The van der Waals surface area contributed by atoms with E-state index < -0.39 is 15.8 Å². The van der Waals surface area contributed by atoms with Crippen LogP contribution in [0.25, 0.3) is 0 Å². The lowest BCUT2D eigenvalue weighted by atomic mass is 10.2. The molecule has 1 aliphatic heterocycles. The number of pyridine rings is 1. The molecule has 0 saturated heterocycles. The van der Waals surface area contributed by atoms with Crippen LogP contribution in [0.5, 0.6) is 0 Å². The number of nitrogens with one attached hydrogen (secondary N) is 1. The van der Waals surface area contributed by atoms with Gasteiger partial charge in [-0.25, -0.2) is 17.8 Å². The van der Waals surface area contributed by atoms with Crippen LogP contribution in [-0.4, -0.2) is 19.9 Å². The van der Waals surface area contributed by atoms with E-state index in [0.717, 1.165) is 36.5 Å². The largest absolute Gasteiger partial charge is 0.340 e. The van der Waals surface area contributed by atoms with Crippen molar-refractivity contribution in [3.05, 3.63) is 78.2 Å². The number of halogens is 1. The first-order valence-corrected chi connectivity index (χ1v) is 9.61. The van der Waals surface area contributed by atoms with Gasteiger partial charge in [-0.2, -0.15) is 0 Å². The lowest BCUT2D eigenvalue weighted by Crippen LogP contribution is -2.15. The minimum absolute atomic E-state index is 0.0155. The normalized spacial score (nSPS) is 13.5. The van der Waals surface area contributed by atoms with E-state index in [1.54, 1.807) is 12.3 Å². The van der Waals surface area contributed by atoms with Gasteiger partial charge >= 0.3 is 0 Å². The maximum absolute atomic E-state index is 13.0. The summed E-state index contributed by atoms with van der Waals surface area (Å²) in [4.78, 5) is 6.36. The maximum atomic E-state index is 13.0. The SMILES string of the molecule is O=S(=O)(Nc1ccc(N2CCc3ccccc32)cn1)c1ccc(F)cc1. The molecule has 1 aliphatic rings. The van der Waals surface area contributed by atoms with Crippen molar-refractivity contribution in [1.29, 1.82) is 0 Å². The van der Waals surface area contributed by atoms with Crippen molar-refractivity contribution in [3.8, 4) is 0 Å². The fourth-order valence-corrected chi connectivity index (χ4v) is 4.03. The van der Waals surface area contributed by atoms with Crippen molar-refractivity contribution < 1.29 is 12.8 Å². The molecule has 0 saturated carbocycles. The van der Waals surface area contributed by atoms with Crippen LogP contribution in [0, 0.1) is 5.82 Å². The number of para-hydroxylation sites is 1. The molecular formula is C19H16FN3O2S. The fraction of sp³-hybridized carbons (Fsp3) is 0.105. The minimum atomic E-state index is -3.80. The van der Waals surface area contributed by atoms with Gasteiger partial charge in [-0.05, 0) is 54.4 Å². The Morgan fingerprint density at radius 2 is 1.77 bits per heavy atom. The molecule has 0 atom stereocenters. The molecule has 0 unspecified atom stereocenters. The average Bonchev–Trinajstić information content (AvgIpc) is 3.07. The summed E-state index contributed by atoms with van der Waals surface area (Å²) in [5.41, 5.74) is 3.34. The number of benzene rings is 2. The summed E-state index contributed by atoms with van der Waals surface area (Å²) in [6, 6.07) is 16.3. The summed E-state index contributed by atoms with van der Waals surface area (Å²) in [6.07, 6.45) is 2.61. The molecule has 7 heteroatoms. The van der Waals surface area contributed by atoms with Crippen LogP contribution in [0.1, 0.15) is 5.56 Å². The summed E-state index contributed by atoms with van der Waals surface area (Å²) in [7, 11) is -3.80. The van der Waals surface area contributed by atoms with E-state index >= 15 is 0 Å². The number of hydrogen-bond donors (Lipinski definition) is 1. The second-order valence-corrected chi connectivity index (χ2v) is 7.67. The van der Waals surface area contributed by atoms with Crippen LogP contribution < -0.4 is 9.62 Å². The van der Waals surface area contributed by atoms with Crippen LogP contribution in [-0.2, 0) is 16.4 Å². The summed E-state index contributed by atoms with van der Waals surface area (Å²) in [6.45, 7) is 0.863. The number of nitrogens with zero attached hydrogens (tertiary/aromatic N) is 2. The molecule has 0 bridgehead atoms. The topological polar surface area (TPSA) is 62.3 Å². The summed E-state index contributed by atoms with van der Waals surface area (Å²) < 4.78 is 40.0. The number of aromatic nitrogens is 1. The highest BCUT2D eigenvalue weighted by Crippen LogP contribution is 2.34. The van der Waals surface area contributed by atoms with Crippen molar-refractivity contribution in [3.63, 3.8) is 0 Å². The Hall–Kier alpha value is -2.93. The fourth-order valence-electron chi connectivity index (χ4n) is 3.02. The molecule has 132 valence electrons. The highest BCUT2D eigenvalue weighted by atomic mass is 32.2. The summed E-state index contributed by atoms with van der Waals surface area (Å²) >= 11 is 0. The zero-order valence-electron chi connectivity index (χ0n) is 13.8. The van der Waals surface area contributed by atoms with E-state index in [2.05, 4.69) is 26.7 Å². The number of rotatable bonds is 4. The predicted octanol–water partition coefficient (Wildman–Crippen LogP) is 3.72. The van der Waals surface area contributed by atoms with Gasteiger partial charge in [0.25, 0.3) is 10.0 Å². The van der Waals surface area contributed by atoms with Gasteiger partial charge in [0.05, 0.1) is 16.8 Å². The Balaban J connectivity index is 1.54. The monoisotopic (exact) mass is 369 g/mol. The number of hydrogen-bond acceptors (Lipinski definition) is 4. The Morgan fingerprint density at radius 3 is 2.50 bits per heavy atom. The molecule has 0 aliphatic carbocycles. The molecule has 26 heavy (non-hydrogen) atoms. The van der Waals surface area contributed by atoms with Crippen LogP contribution >= 0.6 is 0 Å². The lowest BCUT2D eigenvalue weighted by molar-refractivity contribution is 0.599. The van der Waals surface area contributed by atoms with E-state index in [1.165, 1.54) is 17.7 Å². The van der Waals surface area contributed by atoms with E-state index in [1.807, 2.05) is 18.2 Å². The number of anilines is 3. The zero-order valence-corrected chi connectivity index (χ0v) is 14.6. The summed E-state index contributed by atoms with van der Waals surface area (Å²) in [5, 5.41) is 0. The van der Waals surface area contributed by atoms with Crippen LogP contribution in [0.15, 0.2) is 71.8 Å². The predicted molar refractivity (Wildman–Crippen MR) is 98.6 cm³/mol. The van der Waals surface area contributed by atoms with Gasteiger partial charge < -0.3 is 4.90 Å². The van der Waals surface area contributed by atoms with Crippen LogP contribution in [0.2, 0.25) is 0 Å². The van der Waals surface area contributed by atoms with Crippen molar-refractivity contribution in [2.75, 3.05) is 16.2 Å². The molecule has 3 aromatic rings. The molecule has 2 heterocycles. The van der Waals surface area contributed by atoms with Crippen molar-refractivity contribution in [2.24, 2.45) is 0 Å². The molecular weight excluding hydrogens is 353 g/mol. The van der Waals surface area contributed by atoms with Gasteiger partial charge in [0.1, 0.15) is 11.6 Å². The van der Waals surface area contributed by atoms with Crippen molar-refractivity contribution in [1.82, 2.24) is 4.98 Å². The third kappa shape index (κ3) is 3.13. The maximum Gasteiger partial charge on any atom is 0.263 e. The third-order valence-corrected chi connectivity index (χ3v) is 5.68. The zero-order chi connectivity index (χ0) is 18.1. The highest BCUT2D eigenvalue weighted by molar-refractivity contribution is 7.92. The molecule has 0 spiro atoms. The average molecular weight is 369 g/mol. The van der Waals surface area contributed by atoms with E-state index in [0.29, 0.717) is 0 Å². The Kier molecular flexibility index (Phi) is 4.08. The van der Waals surface area contributed by atoms with Gasteiger partial charge in [-0.1, -0.05) is 18.2 Å². The second kappa shape index (κ2) is 6.42. The number of sulfonamides is 1. The van der Waals surface area contributed by atoms with E-state index in [-0.39, 0.29) is 10.7 Å². The molecule has 0 fully saturated rings. The summed E-state index contributed by atoms with van der Waals surface area (Å²) in [5.74, 6) is -0.275. The molecule has 1 aromatic heterocycles. The van der Waals surface area contributed by atoms with Crippen molar-refractivity contribution >= 4 is 27.2 Å². The van der Waals surface area contributed by atoms with Crippen LogP contribution in [0.4, 0.5) is 21.6 Å². The molecule has 5 nitrogen and oxygen atoms in total. The third-order valence-electron chi connectivity index (χ3n) is 4.31. The number of fused-ring (bicyclic) bond motifs is 1. The van der Waals surface area contributed by atoms with Gasteiger partial charge in [0.15, 0.2) is 0 Å². The Morgan fingerprint density at radius 1 is 1.00 bits per heavy atom. The van der Waals surface area contributed by atoms with Gasteiger partial charge in [-0.15, -0.1) is 0 Å². The van der Waals surface area contributed by atoms with Gasteiger partial charge in [0, 0.05) is 12.2 Å². The Labute approximate surface area is 151 Å². The van der Waals surface area contributed by atoms with Crippen molar-refractivity contribution in [2.45, 2.75) is 11.3 Å². The Bertz CT molecular complexity index is 1040. The minimum Gasteiger partial charge on any atom is -0.340 e. The van der Waals surface area contributed by atoms with Gasteiger partial charge in [0.2, 0.25) is 0 Å². The standard InChI is InChI=1S/C19H16FN3O2S/c20-15-5-8-17(9-6-15)26(24,25)22-19-10-7-16(13-21-19)23-12-11-14-3-1-2-4-18(14)23/h1-10,13H,11-12H2,(H,21,22). The quantitative estimate of drug-likeness (QED) is 0.761. The smallest absolute Gasteiger partial charge is 0.263 e. The highest BCUT2D eigenvalue weighted by Gasteiger charge is 2.20. The molecule has 2 aromatic carbocycles.